The first-order chi connectivity index (χ1) is 8.19. The Bertz CT molecular complexity index is 358. The molecule has 0 unspecified atom stereocenters. The lowest BCUT2D eigenvalue weighted by Gasteiger charge is -2.13. The number of nitrogens with one attached hydrogen (secondary N) is 1. The van der Waals surface area contributed by atoms with E-state index in [0.29, 0.717) is 16.7 Å². The maximum atomic E-state index is 6.12. The van der Waals surface area contributed by atoms with Crippen molar-refractivity contribution < 1.29 is 4.74 Å². The fourth-order valence-electron chi connectivity index (χ4n) is 1.58. The minimum absolute atomic E-state index is 0. The van der Waals surface area contributed by atoms with Crippen LogP contribution in [0.3, 0.4) is 0 Å². The van der Waals surface area contributed by atoms with Crippen LogP contribution in [0.5, 0.6) is 5.75 Å². The van der Waals surface area contributed by atoms with Crippen LogP contribution in [0.4, 0.5) is 0 Å². The summed E-state index contributed by atoms with van der Waals surface area (Å²) in [5.74, 6) is 0.738. The van der Waals surface area contributed by atoms with E-state index < -0.39 is 0 Å². The number of halogens is 3. The number of hydrogen-bond donors (Lipinski definition) is 1. The topological polar surface area (TPSA) is 21.3 Å². The van der Waals surface area contributed by atoms with Gasteiger partial charge in [0.25, 0.3) is 0 Å². The van der Waals surface area contributed by atoms with Crippen molar-refractivity contribution in [1.29, 1.82) is 0 Å². The molecule has 104 valence electrons. The second kappa shape index (κ2) is 9.74. The van der Waals surface area contributed by atoms with Gasteiger partial charge >= 0.3 is 0 Å². The van der Waals surface area contributed by atoms with Gasteiger partial charge in [-0.1, -0.05) is 36.5 Å². The van der Waals surface area contributed by atoms with E-state index in [-0.39, 0.29) is 12.4 Å². The lowest BCUT2D eigenvalue weighted by molar-refractivity contribution is 0.335. The third-order valence-corrected chi connectivity index (χ3v) is 2.90. The first-order valence-electron chi connectivity index (χ1n) is 6.00. The van der Waals surface area contributed by atoms with Gasteiger partial charge in [-0.2, -0.15) is 0 Å². The summed E-state index contributed by atoms with van der Waals surface area (Å²) in [5.41, 5.74) is 1.01. The van der Waals surface area contributed by atoms with Gasteiger partial charge in [0, 0.05) is 17.1 Å². The van der Waals surface area contributed by atoms with Gasteiger partial charge in [0.15, 0.2) is 0 Å². The van der Waals surface area contributed by atoms with E-state index in [1.165, 1.54) is 6.42 Å². The first-order valence-corrected chi connectivity index (χ1v) is 6.76. The molecule has 0 amide bonds. The van der Waals surface area contributed by atoms with Crippen molar-refractivity contribution in [3.8, 4) is 5.75 Å². The molecule has 0 saturated heterocycles. The van der Waals surface area contributed by atoms with Gasteiger partial charge in [-0.15, -0.1) is 12.4 Å². The molecular formula is C13H20Cl3NO. The zero-order valence-corrected chi connectivity index (χ0v) is 13.1. The van der Waals surface area contributed by atoms with Gasteiger partial charge in [-0.25, -0.2) is 0 Å². The monoisotopic (exact) mass is 311 g/mol. The van der Waals surface area contributed by atoms with E-state index in [1.54, 1.807) is 6.07 Å². The summed E-state index contributed by atoms with van der Waals surface area (Å²) in [5, 5.41) is 4.58. The van der Waals surface area contributed by atoms with Crippen LogP contribution in [-0.4, -0.2) is 13.2 Å². The van der Waals surface area contributed by atoms with Crippen molar-refractivity contribution >= 4 is 35.6 Å². The largest absolute Gasteiger partial charge is 0.492 e. The van der Waals surface area contributed by atoms with Crippen LogP contribution in [0, 0.1) is 0 Å². The van der Waals surface area contributed by atoms with E-state index in [4.69, 9.17) is 27.9 Å². The number of ether oxygens (including phenoxy) is 1. The predicted molar refractivity (Wildman–Crippen MR) is 81.5 cm³/mol. The highest BCUT2D eigenvalue weighted by Gasteiger charge is 2.09. The van der Waals surface area contributed by atoms with Crippen LogP contribution in [0.2, 0.25) is 10.0 Å². The molecule has 0 aliphatic heterocycles. The maximum Gasteiger partial charge on any atom is 0.142 e. The fourth-order valence-corrected chi connectivity index (χ4v) is 2.17. The van der Waals surface area contributed by atoms with Crippen molar-refractivity contribution in [1.82, 2.24) is 5.32 Å². The van der Waals surface area contributed by atoms with Crippen LogP contribution in [-0.2, 0) is 6.54 Å². The number of benzene rings is 1. The zero-order valence-electron chi connectivity index (χ0n) is 10.8. The Morgan fingerprint density at radius 3 is 2.56 bits per heavy atom. The van der Waals surface area contributed by atoms with Crippen LogP contribution in [0.15, 0.2) is 12.1 Å². The lowest BCUT2D eigenvalue weighted by atomic mass is 10.2. The van der Waals surface area contributed by atoms with Gasteiger partial charge in [-0.3, -0.25) is 0 Å². The van der Waals surface area contributed by atoms with Gasteiger partial charge in [0.2, 0.25) is 0 Å². The van der Waals surface area contributed by atoms with Crippen LogP contribution >= 0.6 is 35.6 Å². The number of unbranched alkanes of at least 4 members (excludes halogenated alkanes) is 1. The number of rotatable bonds is 7. The van der Waals surface area contributed by atoms with Crippen molar-refractivity contribution in [3.05, 3.63) is 27.7 Å². The molecule has 1 aromatic rings. The molecular weight excluding hydrogens is 293 g/mol. The van der Waals surface area contributed by atoms with Crippen molar-refractivity contribution in [2.45, 2.75) is 33.2 Å². The average molecular weight is 313 g/mol. The molecule has 0 heterocycles. The quantitative estimate of drug-likeness (QED) is 0.737. The van der Waals surface area contributed by atoms with Gasteiger partial charge in [-0.05, 0) is 32.0 Å². The van der Waals surface area contributed by atoms with E-state index in [1.807, 2.05) is 13.0 Å². The predicted octanol–water partition coefficient (Wildman–Crippen LogP) is 4.70. The molecule has 0 saturated carbocycles. The molecule has 0 bridgehead atoms. The van der Waals surface area contributed by atoms with E-state index in [0.717, 1.165) is 30.8 Å². The second-order valence-corrected chi connectivity index (χ2v) is 4.68. The molecule has 0 aliphatic rings. The molecule has 1 rings (SSSR count). The van der Waals surface area contributed by atoms with Crippen LogP contribution in [0.1, 0.15) is 32.3 Å². The molecule has 18 heavy (non-hydrogen) atoms. The minimum atomic E-state index is 0. The Labute approximate surface area is 125 Å². The zero-order chi connectivity index (χ0) is 12.7. The van der Waals surface area contributed by atoms with Gasteiger partial charge in [0.05, 0.1) is 11.6 Å². The Hall–Kier alpha value is -0.150. The summed E-state index contributed by atoms with van der Waals surface area (Å²) >= 11 is 12.1. The third kappa shape index (κ3) is 5.66. The number of hydrogen-bond acceptors (Lipinski definition) is 2. The molecule has 0 fully saturated rings. The molecule has 0 radical (unpaired) electrons. The highest BCUT2D eigenvalue weighted by Crippen LogP contribution is 2.32. The Balaban J connectivity index is 0.00000289. The van der Waals surface area contributed by atoms with E-state index in [2.05, 4.69) is 12.2 Å². The fraction of sp³-hybridized carbons (Fsp3) is 0.538. The summed E-state index contributed by atoms with van der Waals surface area (Å²) in [6.07, 6.45) is 2.35. The van der Waals surface area contributed by atoms with Crippen LogP contribution in [0.25, 0.3) is 0 Å². The molecule has 2 nitrogen and oxygen atoms in total. The Kier molecular flexibility index (Phi) is 9.66. The standard InChI is InChI=1S/C13H19Cl2NO.ClH/c1-3-5-6-16-9-10-7-11(14)8-12(15)13(10)17-4-2;/h7-8,16H,3-6,9H2,1-2H3;1H. The van der Waals surface area contributed by atoms with Gasteiger partial charge in [0.1, 0.15) is 5.75 Å². The van der Waals surface area contributed by atoms with Crippen molar-refractivity contribution in [2.24, 2.45) is 0 Å². The summed E-state index contributed by atoms with van der Waals surface area (Å²) in [7, 11) is 0. The normalized spacial score (nSPS) is 10.0. The first kappa shape index (κ1) is 17.8. The van der Waals surface area contributed by atoms with E-state index >= 15 is 0 Å². The molecule has 0 aliphatic carbocycles. The summed E-state index contributed by atoms with van der Waals surface area (Å²) in [6, 6.07) is 3.61. The molecule has 0 aromatic heterocycles. The second-order valence-electron chi connectivity index (χ2n) is 3.84. The maximum absolute atomic E-state index is 6.12. The highest BCUT2D eigenvalue weighted by atomic mass is 35.5. The average Bonchev–Trinajstić information content (AvgIpc) is 2.29. The summed E-state index contributed by atoms with van der Waals surface area (Å²) < 4.78 is 5.55. The highest BCUT2D eigenvalue weighted by molar-refractivity contribution is 6.35. The lowest BCUT2D eigenvalue weighted by Crippen LogP contribution is -2.15. The summed E-state index contributed by atoms with van der Waals surface area (Å²) in [4.78, 5) is 0. The van der Waals surface area contributed by atoms with Crippen molar-refractivity contribution in [2.75, 3.05) is 13.2 Å². The Morgan fingerprint density at radius 2 is 1.94 bits per heavy atom. The summed E-state index contributed by atoms with van der Waals surface area (Å²) in [6.45, 7) is 6.44. The molecule has 5 heteroatoms. The van der Waals surface area contributed by atoms with Gasteiger partial charge < -0.3 is 10.1 Å². The van der Waals surface area contributed by atoms with Crippen LogP contribution < -0.4 is 10.1 Å². The molecule has 0 atom stereocenters. The van der Waals surface area contributed by atoms with E-state index in [9.17, 15) is 0 Å². The third-order valence-electron chi connectivity index (χ3n) is 2.40. The minimum Gasteiger partial charge on any atom is -0.492 e. The SMILES string of the molecule is CCCCNCc1cc(Cl)cc(Cl)c1OCC.Cl. The molecule has 1 N–H and O–H groups in total. The van der Waals surface area contributed by atoms with Crippen molar-refractivity contribution in [3.63, 3.8) is 0 Å². The smallest absolute Gasteiger partial charge is 0.142 e. The Morgan fingerprint density at radius 1 is 1.22 bits per heavy atom. The molecule has 0 spiro atoms. The molecule has 1 aromatic carbocycles.